The molecule has 1 amide bonds. The summed E-state index contributed by atoms with van der Waals surface area (Å²) >= 11 is 0. The molecule has 0 aliphatic carbocycles. The lowest BCUT2D eigenvalue weighted by Gasteiger charge is -2.26. The summed E-state index contributed by atoms with van der Waals surface area (Å²) in [6.45, 7) is 3.30. The zero-order valence-corrected chi connectivity index (χ0v) is 9.46. The first-order valence-electron chi connectivity index (χ1n) is 5.97. The van der Waals surface area contributed by atoms with E-state index < -0.39 is 0 Å². The summed E-state index contributed by atoms with van der Waals surface area (Å²) in [7, 11) is 2.01. The van der Waals surface area contributed by atoms with Crippen molar-refractivity contribution in [2.75, 3.05) is 26.7 Å². The van der Waals surface area contributed by atoms with Gasteiger partial charge in [-0.25, -0.2) is 0 Å². The standard InChI is InChI=1S/C11H21N3O/c1-12-7-10-3-2-6-14(10)8-9-4-5-11(15)13-9/h9-10,12H,2-8H2,1H3,(H,13,15). The van der Waals surface area contributed by atoms with E-state index in [1.807, 2.05) is 7.05 Å². The summed E-state index contributed by atoms with van der Waals surface area (Å²) in [4.78, 5) is 13.6. The van der Waals surface area contributed by atoms with Gasteiger partial charge in [-0.3, -0.25) is 9.69 Å². The van der Waals surface area contributed by atoms with E-state index in [1.54, 1.807) is 0 Å². The highest BCUT2D eigenvalue weighted by Crippen LogP contribution is 2.18. The van der Waals surface area contributed by atoms with Gasteiger partial charge in [-0.1, -0.05) is 0 Å². The summed E-state index contributed by atoms with van der Waals surface area (Å²) in [5, 5.41) is 6.29. The Balaban J connectivity index is 1.80. The fourth-order valence-electron chi connectivity index (χ4n) is 2.70. The third-order valence-corrected chi connectivity index (χ3v) is 3.48. The third kappa shape index (κ3) is 2.69. The highest BCUT2D eigenvalue weighted by molar-refractivity contribution is 5.78. The number of nitrogens with one attached hydrogen (secondary N) is 2. The van der Waals surface area contributed by atoms with Crippen molar-refractivity contribution in [3.63, 3.8) is 0 Å². The number of likely N-dealkylation sites (N-methyl/N-ethyl adjacent to an activating group) is 1. The molecule has 4 nitrogen and oxygen atoms in total. The molecule has 2 saturated heterocycles. The minimum Gasteiger partial charge on any atom is -0.352 e. The van der Waals surface area contributed by atoms with Crippen molar-refractivity contribution in [2.45, 2.75) is 37.8 Å². The van der Waals surface area contributed by atoms with E-state index >= 15 is 0 Å². The van der Waals surface area contributed by atoms with Crippen LogP contribution in [0.5, 0.6) is 0 Å². The van der Waals surface area contributed by atoms with Crippen molar-refractivity contribution in [3.05, 3.63) is 0 Å². The molecule has 2 atom stereocenters. The van der Waals surface area contributed by atoms with E-state index in [0.29, 0.717) is 12.1 Å². The molecular formula is C11H21N3O. The predicted octanol–water partition coefficient (Wildman–Crippen LogP) is -0.0512. The van der Waals surface area contributed by atoms with Crippen LogP contribution in [0.4, 0.5) is 0 Å². The first-order chi connectivity index (χ1) is 7.29. The normalized spacial score (nSPS) is 32.2. The van der Waals surface area contributed by atoms with Crippen LogP contribution in [0.25, 0.3) is 0 Å². The van der Waals surface area contributed by atoms with Crippen LogP contribution in [0.2, 0.25) is 0 Å². The van der Waals surface area contributed by atoms with E-state index in [0.717, 1.165) is 25.9 Å². The van der Waals surface area contributed by atoms with Crippen LogP contribution in [0.3, 0.4) is 0 Å². The highest BCUT2D eigenvalue weighted by Gasteiger charge is 2.29. The maximum Gasteiger partial charge on any atom is 0.220 e. The number of likely N-dealkylation sites (tertiary alicyclic amines) is 1. The van der Waals surface area contributed by atoms with Gasteiger partial charge in [0.15, 0.2) is 0 Å². The Kier molecular flexibility index (Phi) is 3.59. The Morgan fingerprint density at radius 3 is 3.07 bits per heavy atom. The molecule has 0 aromatic carbocycles. The molecule has 0 radical (unpaired) electrons. The SMILES string of the molecule is CNCC1CCCN1CC1CCC(=O)N1. The fraction of sp³-hybridized carbons (Fsp3) is 0.909. The molecule has 0 aromatic heterocycles. The summed E-state index contributed by atoms with van der Waals surface area (Å²) in [6, 6.07) is 1.07. The second-order valence-electron chi connectivity index (χ2n) is 4.65. The molecule has 0 spiro atoms. The minimum absolute atomic E-state index is 0.226. The number of hydrogen-bond donors (Lipinski definition) is 2. The van der Waals surface area contributed by atoms with Crippen molar-refractivity contribution in [1.82, 2.24) is 15.5 Å². The van der Waals surface area contributed by atoms with Crippen LogP contribution in [0.15, 0.2) is 0 Å². The zero-order valence-electron chi connectivity index (χ0n) is 9.46. The molecule has 2 rings (SSSR count). The van der Waals surface area contributed by atoms with E-state index in [4.69, 9.17) is 0 Å². The van der Waals surface area contributed by atoms with Gasteiger partial charge in [-0.2, -0.15) is 0 Å². The zero-order chi connectivity index (χ0) is 10.7. The monoisotopic (exact) mass is 211 g/mol. The number of carbonyl (C=O) groups excluding carboxylic acids is 1. The molecule has 2 N–H and O–H groups in total. The lowest BCUT2D eigenvalue weighted by molar-refractivity contribution is -0.119. The molecule has 0 bridgehead atoms. The Morgan fingerprint density at radius 2 is 2.40 bits per heavy atom. The van der Waals surface area contributed by atoms with E-state index in [-0.39, 0.29) is 5.91 Å². The van der Waals surface area contributed by atoms with Crippen LogP contribution in [-0.4, -0.2) is 49.6 Å². The molecule has 0 saturated carbocycles. The van der Waals surface area contributed by atoms with Gasteiger partial charge >= 0.3 is 0 Å². The Hall–Kier alpha value is -0.610. The molecule has 2 heterocycles. The van der Waals surface area contributed by atoms with Crippen molar-refractivity contribution < 1.29 is 4.79 Å². The van der Waals surface area contributed by atoms with Gasteiger partial charge in [-0.05, 0) is 32.9 Å². The average molecular weight is 211 g/mol. The molecule has 0 aromatic rings. The maximum absolute atomic E-state index is 11.1. The number of nitrogens with zero attached hydrogens (tertiary/aromatic N) is 1. The van der Waals surface area contributed by atoms with Gasteiger partial charge in [-0.15, -0.1) is 0 Å². The molecular weight excluding hydrogens is 190 g/mol. The van der Waals surface area contributed by atoms with E-state index in [1.165, 1.54) is 19.4 Å². The first-order valence-corrected chi connectivity index (χ1v) is 5.97. The summed E-state index contributed by atoms with van der Waals surface area (Å²) in [5.74, 6) is 0.226. The molecule has 4 heteroatoms. The van der Waals surface area contributed by atoms with Crippen molar-refractivity contribution in [2.24, 2.45) is 0 Å². The molecule has 2 aliphatic heterocycles. The Morgan fingerprint density at radius 1 is 1.53 bits per heavy atom. The van der Waals surface area contributed by atoms with Crippen LogP contribution >= 0.6 is 0 Å². The largest absolute Gasteiger partial charge is 0.352 e. The van der Waals surface area contributed by atoms with E-state index in [9.17, 15) is 4.79 Å². The minimum atomic E-state index is 0.226. The molecule has 2 fully saturated rings. The lowest BCUT2D eigenvalue weighted by atomic mass is 10.2. The van der Waals surface area contributed by atoms with Gasteiger partial charge in [0.2, 0.25) is 5.91 Å². The third-order valence-electron chi connectivity index (χ3n) is 3.48. The Bertz CT molecular complexity index is 232. The number of amides is 1. The predicted molar refractivity (Wildman–Crippen MR) is 59.7 cm³/mol. The van der Waals surface area contributed by atoms with Gasteiger partial charge in [0, 0.05) is 31.6 Å². The van der Waals surface area contributed by atoms with Gasteiger partial charge in [0.25, 0.3) is 0 Å². The Labute approximate surface area is 91.4 Å². The summed E-state index contributed by atoms with van der Waals surface area (Å²) < 4.78 is 0. The second-order valence-corrected chi connectivity index (χ2v) is 4.65. The number of rotatable bonds is 4. The summed E-state index contributed by atoms with van der Waals surface area (Å²) in [5.41, 5.74) is 0. The van der Waals surface area contributed by atoms with Crippen LogP contribution < -0.4 is 10.6 Å². The smallest absolute Gasteiger partial charge is 0.220 e. The topological polar surface area (TPSA) is 44.4 Å². The van der Waals surface area contributed by atoms with Gasteiger partial charge in [0.1, 0.15) is 0 Å². The molecule has 15 heavy (non-hydrogen) atoms. The van der Waals surface area contributed by atoms with Crippen LogP contribution in [0.1, 0.15) is 25.7 Å². The molecule has 86 valence electrons. The second kappa shape index (κ2) is 4.94. The van der Waals surface area contributed by atoms with Crippen LogP contribution in [-0.2, 0) is 4.79 Å². The molecule has 2 unspecified atom stereocenters. The number of hydrogen-bond acceptors (Lipinski definition) is 3. The maximum atomic E-state index is 11.1. The first kappa shape index (κ1) is 10.9. The average Bonchev–Trinajstić information content (AvgIpc) is 2.78. The van der Waals surface area contributed by atoms with Crippen molar-refractivity contribution in [1.29, 1.82) is 0 Å². The van der Waals surface area contributed by atoms with Crippen LogP contribution in [0, 0.1) is 0 Å². The quantitative estimate of drug-likeness (QED) is 0.685. The number of carbonyl (C=O) groups is 1. The lowest BCUT2D eigenvalue weighted by Crippen LogP contribution is -2.44. The van der Waals surface area contributed by atoms with Gasteiger partial charge in [0.05, 0.1) is 0 Å². The fourth-order valence-corrected chi connectivity index (χ4v) is 2.70. The van der Waals surface area contributed by atoms with Gasteiger partial charge < -0.3 is 10.6 Å². The highest BCUT2D eigenvalue weighted by atomic mass is 16.1. The molecule has 2 aliphatic rings. The van der Waals surface area contributed by atoms with Crippen molar-refractivity contribution >= 4 is 5.91 Å². The van der Waals surface area contributed by atoms with E-state index in [2.05, 4.69) is 15.5 Å². The van der Waals surface area contributed by atoms with Crippen molar-refractivity contribution in [3.8, 4) is 0 Å². The summed E-state index contributed by atoms with van der Waals surface area (Å²) in [6.07, 6.45) is 4.32.